The first-order valence-electron chi connectivity index (χ1n) is 6.18. The molecule has 0 unspecified atom stereocenters. The van der Waals surface area contributed by atoms with Crippen LogP contribution >= 0.6 is 0 Å². The van der Waals surface area contributed by atoms with Gasteiger partial charge in [0.2, 0.25) is 5.60 Å². The Kier molecular flexibility index (Phi) is 6.85. The highest BCUT2D eigenvalue weighted by molar-refractivity contribution is 5.82. The molecule has 0 aromatic carbocycles. The average Bonchev–Trinajstić information content (AvgIpc) is 2.16. The molecule has 0 saturated heterocycles. The van der Waals surface area contributed by atoms with Crippen LogP contribution in [0.5, 0.6) is 0 Å². The third-order valence-corrected chi connectivity index (χ3v) is 2.24. The van der Waals surface area contributed by atoms with Gasteiger partial charge in [-0.15, -0.1) is 0 Å². The summed E-state index contributed by atoms with van der Waals surface area (Å²) in [6.45, 7) is 9.47. The van der Waals surface area contributed by atoms with Gasteiger partial charge in [-0.05, 0) is 32.6 Å². The summed E-state index contributed by atoms with van der Waals surface area (Å²) in [5.41, 5.74) is -1.19. The lowest BCUT2D eigenvalue weighted by Crippen LogP contribution is -2.39. The quantitative estimate of drug-likeness (QED) is 0.646. The second-order valence-electron chi connectivity index (χ2n) is 5.05. The van der Waals surface area contributed by atoms with Crippen molar-refractivity contribution in [3.8, 4) is 0 Å². The molecular formula is C13H24O4. The molecule has 0 heterocycles. The largest absolute Gasteiger partial charge is 0.463 e. The normalized spacial score (nSPS) is 11.4. The van der Waals surface area contributed by atoms with Gasteiger partial charge in [-0.2, -0.15) is 0 Å². The first-order chi connectivity index (χ1) is 7.79. The summed E-state index contributed by atoms with van der Waals surface area (Å²) in [5, 5.41) is 0. The highest BCUT2D eigenvalue weighted by Gasteiger charge is 2.33. The van der Waals surface area contributed by atoms with E-state index in [1.54, 1.807) is 13.8 Å². The zero-order chi connectivity index (χ0) is 13.5. The minimum atomic E-state index is -1.19. The van der Waals surface area contributed by atoms with Gasteiger partial charge < -0.3 is 9.47 Å². The van der Waals surface area contributed by atoms with Crippen LogP contribution in [0.25, 0.3) is 0 Å². The molecule has 4 nitrogen and oxygen atoms in total. The van der Waals surface area contributed by atoms with Gasteiger partial charge in [-0.1, -0.05) is 20.8 Å². The van der Waals surface area contributed by atoms with Gasteiger partial charge in [0.1, 0.15) is 0 Å². The smallest absolute Gasteiger partial charge is 0.350 e. The molecule has 0 rings (SSSR count). The zero-order valence-corrected chi connectivity index (χ0v) is 11.5. The van der Waals surface area contributed by atoms with Gasteiger partial charge in [-0.25, -0.2) is 4.79 Å². The molecular weight excluding hydrogens is 220 g/mol. The second kappa shape index (κ2) is 7.30. The molecule has 0 aliphatic heterocycles. The van der Waals surface area contributed by atoms with Gasteiger partial charge in [-0.3, -0.25) is 4.79 Å². The van der Waals surface area contributed by atoms with Gasteiger partial charge in [0, 0.05) is 6.42 Å². The maximum atomic E-state index is 11.7. The lowest BCUT2D eigenvalue weighted by atomic mass is 10.1. The van der Waals surface area contributed by atoms with Gasteiger partial charge >= 0.3 is 11.9 Å². The van der Waals surface area contributed by atoms with Crippen molar-refractivity contribution in [2.24, 2.45) is 5.92 Å². The van der Waals surface area contributed by atoms with E-state index in [0.717, 1.165) is 6.42 Å². The number of rotatable bonds is 7. The fourth-order valence-corrected chi connectivity index (χ4v) is 1.14. The van der Waals surface area contributed by atoms with Crippen molar-refractivity contribution in [1.82, 2.24) is 0 Å². The average molecular weight is 244 g/mol. The Labute approximate surface area is 104 Å². The molecule has 17 heavy (non-hydrogen) atoms. The minimum Gasteiger partial charge on any atom is -0.463 e. The topological polar surface area (TPSA) is 52.6 Å². The Morgan fingerprint density at radius 2 is 1.82 bits per heavy atom. The van der Waals surface area contributed by atoms with E-state index in [-0.39, 0.29) is 5.97 Å². The summed E-state index contributed by atoms with van der Waals surface area (Å²) < 4.78 is 10.2. The molecule has 0 amide bonds. The monoisotopic (exact) mass is 244 g/mol. The van der Waals surface area contributed by atoms with Crippen LogP contribution in [0.1, 0.15) is 53.9 Å². The maximum Gasteiger partial charge on any atom is 0.350 e. The zero-order valence-electron chi connectivity index (χ0n) is 11.5. The van der Waals surface area contributed by atoms with Crippen molar-refractivity contribution < 1.29 is 19.1 Å². The van der Waals surface area contributed by atoms with Crippen LogP contribution in [0, 0.1) is 5.92 Å². The van der Waals surface area contributed by atoms with E-state index >= 15 is 0 Å². The standard InChI is InChI=1S/C13H24O4/c1-6-7-11(14)17-13(4,5)12(15)16-9-8-10(2)3/h10H,6-9H2,1-5H3. The van der Waals surface area contributed by atoms with E-state index < -0.39 is 11.6 Å². The molecule has 0 aromatic heterocycles. The van der Waals surface area contributed by atoms with Crippen molar-refractivity contribution in [3.63, 3.8) is 0 Å². The Balaban J connectivity index is 4.11. The maximum absolute atomic E-state index is 11.7. The summed E-state index contributed by atoms with van der Waals surface area (Å²) in [6, 6.07) is 0. The lowest BCUT2D eigenvalue weighted by molar-refractivity contribution is -0.178. The second-order valence-corrected chi connectivity index (χ2v) is 5.05. The third-order valence-electron chi connectivity index (χ3n) is 2.24. The molecule has 0 fully saturated rings. The number of esters is 2. The van der Waals surface area contributed by atoms with E-state index in [4.69, 9.17) is 9.47 Å². The van der Waals surface area contributed by atoms with E-state index in [9.17, 15) is 9.59 Å². The predicted molar refractivity (Wildman–Crippen MR) is 65.5 cm³/mol. The van der Waals surface area contributed by atoms with Crippen molar-refractivity contribution >= 4 is 11.9 Å². The first-order valence-corrected chi connectivity index (χ1v) is 6.18. The molecule has 0 spiro atoms. The summed E-state index contributed by atoms with van der Waals surface area (Å²) in [7, 11) is 0. The fraction of sp³-hybridized carbons (Fsp3) is 0.846. The van der Waals surface area contributed by atoms with Crippen LogP contribution < -0.4 is 0 Å². The van der Waals surface area contributed by atoms with E-state index in [1.165, 1.54) is 0 Å². The molecule has 100 valence electrons. The predicted octanol–water partition coefficient (Wildman–Crippen LogP) is 2.70. The number of carbonyl (C=O) groups is 2. The molecule has 4 heteroatoms. The fourth-order valence-electron chi connectivity index (χ4n) is 1.14. The van der Waals surface area contributed by atoms with E-state index in [2.05, 4.69) is 13.8 Å². The van der Waals surface area contributed by atoms with Crippen LogP contribution in [0.15, 0.2) is 0 Å². The highest BCUT2D eigenvalue weighted by atomic mass is 16.6. The molecule has 0 bridgehead atoms. The number of hydrogen-bond acceptors (Lipinski definition) is 4. The minimum absolute atomic E-state index is 0.322. The van der Waals surface area contributed by atoms with Gasteiger partial charge in [0.05, 0.1) is 6.61 Å². The summed E-state index contributed by atoms with van der Waals surface area (Å²) in [5.74, 6) is -0.366. The molecule has 0 aliphatic rings. The van der Waals surface area contributed by atoms with Crippen LogP contribution in [0.2, 0.25) is 0 Å². The summed E-state index contributed by atoms with van der Waals surface area (Å²) >= 11 is 0. The van der Waals surface area contributed by atoms with E-state index in [0.29, 0.717) is 25.4 Å². The number of carbonyl (C=O) groups excluding carboxylic acids is 2. The van der Waals surface area contributed by atoms with Crippen molar-refractivity contribution in [2.45, 2.75) is 59.5 Å². The Morgan fingerprint density at radius 1 is 1.24 bits per heavy atom. The van der Waals surface area contributed by atoms with Gasteiger partial charge in [0.25, 0.3) is 0 Å². The lowest BCUT2D eigenvalue weighted by Gasteiger charge is -2.23. The van der Waals surface area contributed by atoms with Crippen LogP contribution in [-0.2, 0) is 19.1 Å². The Morgan fingerprint density at radius 3 is 2.29 bits per heavy atom. The van der Waals surface area contributed by atoms with E-state index in [1.807, 2.05) is 6.92 Å². The number of ether oxygens (including phenoxy) is 2. The Bertz CT molecular complexity index is 256. The molecule has 0 radical (unpaired) electrons. The molecule has 0 aliphatic carbocycles. The third kappa shape index (κ3) is 6.97. The van der Waals surface area contributed by atoms with Gasteiger partial charge in [0.15, 0.2) is 0 Å². The van der Waals surface area contributed by atoms with Crippen LogP contribution in [0.3, 0.4) is 0 Å². The van der Waals surface area contributed by atoms with Crippen LogP contribution in [0.4, 0.5) is 0 Å². The summed E-state index contributed by atoms with van der Waals surface area (Å²) in [4.78, 5) is 23.0. The Hall–Kier alpha value is -1.06. The number of hydrogen-bond donors (Lipinski definition) is 0. The van der Waals surface area contributed by atoms with Crippen molar-refractivity contribution in [2.75, 3.05) is 6.61 Å². The molecule has 0 saturated carbocycles. The molecule has 0 N–H and O–H groups in total. The molecule has 0 atom stereocenters. The highest BCUT2D eigenvalue weighted by Crippen LogP contribution is 2.14. The first kappa shape index (κ1) is 15.9. The van der Waals surface area contributed by atoms with Crippen molar-refractivity contribution in [1.29, 1.82) is 0 Å². The molecule has 0 aromatic rings. The summed E-state index contributed by atoms with van der Waals surface area (Å²) in [6.07, 6.45) is 1.84. The van der Waals surface area contributed by atoms with Crippen LogP contribution in [-0.4, -0.2) is 24.1 Å². The SMILES string of the molecule is CCCC(=O)OC(C)(C)C(=O)OCCC(C)C. The van der Waals surface area contributed by atoms with Crippen molar-refractivity contribution in [3.05, 3.63) is 0 Å².